The summed E-state index contributed by atoms with van der Waals surface area (Å²) in [5.74, 6) is -1.01. The van der Waals surface area contributed by atoms with E-state index in [9.17, 15) is 14.0 Å². The van der Waals surface area contributed by atoms with Crippen molar-refractivity contribution in [3.63, 3.8) is 0 Å². The average molecular weight is 298 g/mol. The van der Waals surface area contributed by atoms with Gasteiger partial charge >= 0.3 is 5.97 Å². The lowest BCUT2D eigenvalue weighted by Gasteiger charge is -2.06. The Balaban J connectivity index is 1.85. The fourth-order valence-corrected chi connectivity index (χ4v) is 2.07. The van der Waals surface area contributed by atoms with Crippen LogP contribution in [0.4, 0.5) is 4.39 Å². The molecule has 5 nitrogen and oxygen atoms in total. The summed E-state index contributed by atoms with van der Waals surface area (Å²) in [6, 6.07) is 12.3. The van der Waals surface area contributed by atoms with Gasteiger partial charge in [-0.1, -0.05) is 30.3 Å². The van der Waals surface area contributed by atoms with E-state index >= 15 is 0 Å². The van der Waals surface area contributed by atoms with Gasteiger partial charge in [0, 0.05) is 5.39 Å². The van der Waals surface area contributed by atoms with Gasteiger partial charge in [0.05, 0.1) is 5.39 Å². The smallest absolute Gasteiger partial charge is 0.359 e. The summed E-state index contributed by atoms with van der Waals surface area (Å²) < 4.78 is 18.0. The summed E-state index contributed by atoms with van der Waals surface area (Å²) in [5, 5.41) is 6.83. The number of nitrogens with one attached hydrogen (secondary N) is 1. The van der Waals surface area contributed by atoms with Crippen molar-refractivity contribution in [3.05, 3.63) is 76.0 Å². The van der Waals surface area contributed by atoms with Gasteiger partial charge in [-0.05, 0) is 23.8 Å². The summed E-state index contributed by atoms with van der Waals surface area (Å²) in [5.41, 5.74) is 0.325. The number of nitrogens with zero attached hydrogens (tertiary/aromatic N) is 1. The molecule has 3 aromatic rings. The molecule has 0 radical (unpaired) electrons. The second-order valence-corrected chi connectivity index (χ2v) is 4.65. The number of rotatable bonds is 3. The van der Waals surface area contributed by atoms with Crippen molar-refractivity contribution < 1.29 is 13.9 Å². The van der Waals surface area contributed by atoms with Gasteiger partial charge in [0.25, 0.3) is 5.56 Å². The fraction of sp³-hybridized carbons (Fsp3) is 0.0625. The third-order valence-electron chi connectivity index (χ3n) is 3.17. The van der Waals surface area contributed by atoms with Crippen LogP contribution in [0.1, 0.15) is 16.1 Å². The normalized spacial score (nSPS) is 10.6. The quantitative estimate of drug-likeness (QED) is 0.754. The zero-order valence-electron chi connectivity index (χ0n) is 11.4. The average Bonchev–Trinajstić information content (AvgIpc) is 2.55. The van der Waals surface area contributed by atoms with Crippen LogP contribution in [0.2, 0.25) is 0 Å². The molecule has 110 valence electrons. The molecule has 0 amide bonds. The lowest BCUT2D eigenvalue weighted by molar-refractivity contribution is 0.0467. The molecule has 0 aliphatic rings. The second kappa shape index (κ2) is 5.77. The van der Waals surface area contributed by atoms with Crippen LogP contribution in [0.25, 0.3) is 10.8 Å². The number of H-pyrrole nitrogens is 1. The number of hydrogen-bond donors (Lipinski definition) is 1. The van der Waals surface area contributed by atoms with E-state index in [0.29, 0.717) is 16.3 Å². The second-order valence-electron chi connectivity index (χ2n) is 4.65. The van der Waals surface area contributed by atoms with Crippen molar-refractivity contribution in [2.75, 3.05) is 0 Å². The number of benzene rings is 2. The highest BCUT2D eigenvalue weighted by Crippen LogP contribution is 2.14. The molecule has 0 aliphatic carbocycles. The number of aromatic nitrogens is 2. The summed E-state index contributed by atoms with van der Waals surface area (Å²) in [6.45, 7) is -0.00571. The SMILES string of the molecule is O=C(OCc1ccc(F)cc1)c1n[nH]c(=O)c2ccccc12. The third-order valence-corrected chi connectivity index (χ3v) is 3.17. The van der Waals surface area contributed by atoms with Crippen molar-refractivity contribution in [3.8, 4) is 0 Å². The van der Waals surface area contributed by atoms with Crippen LogP contribution in [0, 0.1) is 5.82 Å². The van der Waals surface area contributed by atoms with Crippen LogP contribution in [0.15, 0.2) is 53.3 Å². The molecule has 1 aromatic heterocycles. The van der Waals surface area contributed by atoms with Crippen LogP contribution >= 0.6 is 0 Å². The molecule has 0 aliphatic heterocycles. The molecule has 0 atom stereocenters. The third kappa shape index (κ3) is 2.71. The van der Waals surface area contributed by atoms with Crippen molar-refractivity contribution in [1.29, 1.82) is 0 Å². The summed E-state index contributed by atoms with van der Waals surface area (Å²) in [6.07, 6.45) is 0. The van der Waals surface area contributed by atoms with Gasteiger partial charge < -0.3 is 4.74 Å². The summed E-state index contributed by atoms with van der Waals surface area (Å²) in [7, 11) is 0. The highest BCUT2D eigenvalue weighted by molar-refractivity contribution is 6.01. The Morgan fingerprint density at radius 3 is 2.50 bits per heavy atom. The van der Waals surface area contributed by atoms with Crippen LogP contribution in [0.5, 0.6) is 0 Å². The minimum atomic E-state index is -0.656. The minimum absolute atomic E-state index is 0.00571. The molecule has 2 aromatic carbocycles. The van der Waals surface area contributed by atoms with Crippen molar-refractivity contribution in [1.82, 2.24) is 10.2 Å². The molecular weight excluding hydrogens is 287 g/mol. The Hall–Kier alpha value is -3.02. The van der Waals surface area contributed by atoms with Gasteiger partial charge in [-0.15, -0.1) is 0 Å². The number of aromatic amines is 1. The zero-order valence-corrected chi connectivity index (χ0v) is 11.4. The summed E-state index contributed by atoms with van der Waals surface area (Å²) in [4.78, 5) is 23.8. The highest BCUT2D eigenvalue weighted by atomic mass is 19.1. The maximum absolute atomic E-state index is 12.8. The predicted octanol–water partition coefficient (Wildman–Crippen LogP) is 2.42. The first-order valence-electron chi connectivity index (χ1n) is 6.54. The first-order chi connectivity index (χ1) is 10.6. The maximum atomic E-state index is 12.8. The first kappa shape index (κ1) is 13.9. The lowest BCUT2D eigenvalue weighted by Crippen LogP contribution is -2.16. The fourth-order valence-electron chi connectivity index (χ4n) is 2.07. The van der Waals surface area contributed by atoms with Crippen LogP contribution < -0.4 is 5.56 Å². The Bertz CT molecular complexity index is 888. The molecule has 0 fully saturated rings. The molecule has 0 bridgehead atoms. The van der Waals surface area contributed by atoms with Crippen LogP contribution in [-0.4, -0.2) is 16.2 Å². The number of carbonyl (C=O) groups excluding carboxylic acids is 1. The minimum Gasteiger partial charge on any atom is -0.456 e. The van der Waals surface area contributed by atoms with Crippen molar-refractivity contribution in [2.24, 2.45) is 0 Å². The largest absolute Gasteiger partial charge is 0.456 e. The molecule has 0 saturated carbocycles. The van der Waals surface area contributed by atoms with E-state index in [4.69, 9.17) is 4.74 Å². The Morgan fingerprint density at radius 1 is 1.09 bits per heavy atom. The molecule has 22 heavy (non-hydrogen) atoms. The number of esters is 1. The molecule has 0 unspecified atom stereocenters. The van der Waals surface area contributed by atoms with Gasteiger partial charge in [0.2, 0.25) is 0 Å². The van der Waals surface area contributed by atoms with Gasteiger partial charge in [-0.2, -0.15) is 5.10 Å². The van der Waals surface area contributed by atoms with Gasteiger partial charge in [0.15, 0.2) is 5.69 Å². The van der Waals surface area contributed by atoms with E-state index in [1.54, 1.807) is 24.3 Å². The first-order valence-corrected chi connectivity index (χ1v) is 6.54. The number of ether oxygens (including phenoxy) is 1. The standard InChI is InChI=1S/C16H11FN2O3/c17-11-7-5-10(6-8-11)9-22-16(21)14-12-3-1-2-4-13(12)15(20)19-18-14/h1-8H,9H2,(H,19,20). The number of halogens is 1. The molecule has 0 spiro atoms. The van der Waals surface area contributed by atoms with E-state index in [0.717, 1.165) is 0 Å². The molecule has 3 rings (SSSR count). The number of hydrogen-bond acceptors (Lipinski definition) is 4. The van der Waals surface area contributed by atoms with Gasteiger partial charge in [-0.25, -0.2) is 14.3 Å². The number of fused-ring (bicyclic) bond motifs is 1. The Morgan fingerprint density at radius 2 is 1.77 bits per heavy atom. The van der Waals surface area contributed by atoms with Crippen molar-refractivity contribution in [2.45, 2.75) is 6.61 Å². The Kier molecular flexibility index (Phi) is 3.65. The van der Waals surface area contributed by atoms with E-state index < -0.39 is 5.97 Å². The number of carbonyl (C=O) groups is 1. The maximum Gasteiger partial charge on any atom is 0.359 e. The molecule has 6 heteroatoms. The van der Waals surface area contributed by atoms with Gasteiger partial charge in [0.1, 0.15) is 12.4 Å². The highest BCUT2D eigenvalue weighted by Gasteiger charge is 2.15. The topological polar surface area (TPSA) is 72.0 Å². The summed E-state index contributed by atoms with van der Waals surface area (Å²) >= 11 is 0. The molecule has 1 heterocycles. The van der Waals surface area contributed by atoms with Crippen LogP contribution in [-0.2, 0) is 11.3 Å². The van der Waals surface area contributed by atoms with E-state index in [-0.39, 0.29) is 23.7 Å². The van der Waals surface area contributed by atoms with E-state index in [1.807, 2.05) is 0 Å². The van der Waals surface area contributed by atoms with Gasteiger partial charge in [-0.3, -0.25) is 4.79 Å². The molecule has 0 saturated heterocycles. The van der Waals surface area contributed by atoms with Crippen LogP contribution in [0.3, 0.4) is 0 Å². The molecule has 1 N–H and O–H groups in total. The Labute approximate surface area is 124 Å². The van der Waals surface area contributed by atoms with E-state index in [1.165, 1.54) is 24.3 Å². The molecular formula is C16H11FN2O3. The zero-order chi connectivity index (χ0) is 15.5. The lowest BCUT2D eigenvalue weighted by atomic mass is 10.1. The van der Waals surface area contributed by atoms with Crippen molar-refractivity contribution >= 4 is 16.7 Å². The monoisotopic (exact) mass is 298 g/mol. The predicted molar refractivity (Wildman–Crippen MR) is 77.9 cm³/mol. The van der Waals surface area contributed by atoms with E-state index in [2.05, 4.69) is 10.2 Å².